The van der Waals surface area contributed by atoms with E-state index < -0.39 is 56.1 Å². The number of ether oxygens (including phenoxy) is 1. The monoisotopic (exact) mass is 526 g/mol. The van der Waals surface area contributed by atoms with Crippen LogP contribution in [0.25, 0.3) is 0 Å². The molecule has 4 N–H and O–H groups in total. The number of nitro groups is 1. The summed E-state index contributed by atoms with van der Waals surface area (Å²) in [6, 6.07) is 14.7. The fraction of sp³-hybridized carbons (Fsp3) is 0.0357. The maximum absolute atomic E-state index is 13.5. The molecule has 5 rings (SSSR count). The second kappa shape index (κ2) is 9.30. The van der Waals surface area contributed by atoms with Crippen LogP contribution in [0.2, 0.25) is 0 Å². The molecule has 39 heavy (non-hydrogen) atoms. The standard InChI is InChI=1S/C28H18N2O9/c1-39-15-5-6-16(21(33)12-15)26(34)13-3-2-4-14(11-13)29-17-7-9-19(31)24-22(17)27(35)25-20(32)10-8-18(30(37)38)23(25)28(24)36/h2-12,29,31-33H,1H3. The topological polar surface area (TPSA) is 176 Å². The third-order valence-electron chi connectivity index (χ3n) is 6.30. The van der Waals surface area contributed by atoms with Gasteiger partial charge in [-0.25, -0.2) is 0 Å². The van der Waals surface area contributed by atoms with Crippen LogP contribution in [0.3, 0.4) is 0 Å². The second-order valence-electron chi connectivity index (χ2n) is 8.57. The van der Waals surface area contributed by atoms with Crippen molar-refractivity contribution < 1.29 is 39.4 Å². The number of nitrogens with one attached hydrogen (secondary N) is 1. The van der Waals surface area contributed by atoms with Gasteiger partial charge in [0.1, 0.15) is 28.6 Å². The van der Waals surface area contributed by atoms with Crippen LogP contribution >= 0.6 is 0 Å². The highest BCUT2D eigenvalue weighted by Crippen LogP contribution is 2.43. The van der Waals surface area contributed by atoms with Crippen LogP contribution in [0, 0.1) is 10.1 Å². The highest BCUT2D eigenvalue weighted by molar-refractivity contribution is 6.33. The molecule has 0 spiro atoms. The number of carbonyl (C=O) groups excluding carboxylic acids is 3. The molecule has 0 atom stereocenters. The molecule has 0 bridgehead atoms. The van der Waals surface area contributed by atoms with Gasteiger partial charge in [0.15, 0.2) is 5.78 Å². The Morgan fingerprint density at radius 2 is 1.49 bits per heavy atom. The van der Waals surface area contributed by atoms with Crippen LogP contribution in [-0.4, -0.2) is 44.7 Å². The Morgan fingerprint density at radius 1 is 0.821 bits per heavy atom. The van der Waals surface area contributed by atoms with E-state index in [0.29, 0.717) is 11.4 Å². The van der Waals surface area contributed by atoms with E-state index in [1.54, 1.807) is 12.1 Å². The van der Waals surface area contributed by atoms with E-state index in [2.05, 4.69) is 5.32 Å². The van der Waals surface area contributed by atoms with Crippen molar-refractivity contribution >= 4 is 34.4 Å². The Kier molecular flexibility index (Phi) is 5.96. The lowest BCUT2D eigenvalue weighted by Gasteiger charge is -2.22. The molecule has 0 aromatic heterocycles. The molecule has 11 heteroatoms. The summed E-state index contributed by atoms with van der Waals surface area (Å²) in [5.74, 6) is -3.51. The summed E-state index contributed by atoms with van der Waals surface area (Å²) in [6.07, 6.45) is 0. The first-order valence-corrected chi connectivity index (χ1v) is 11.4. The number of aromatic hydroxyl groups is 3. The van der Waals surface area contributed by atoms with Crippen molar-refractivity contribution in [2.45, 2.75) is 0 Å². The summed E-state index contributed by atoms with van der Waals surface area (Å²) in [5.41, 5.74) is -2.01. The lowest BCUT2D eigenvalue weighted by Crippen LogP contribution is -2.23. The third-order valence-corrected chi connectivity index (χ3v) is 6.30. The molecule has 0 saturated carbocycles. The molecule has 11 nitrogen and oxygen atoms in total. The Morgan fingerprint density at radius 3 is 2.15 bits per heavy atom. The number of fused-ring (bicyclic) bond motifs is 2. The minimum atomic E-state index is -0.998. The van der Waals surface area contributed by atoms with Crippen molar-refractivity contribution in [3.05, 3.63) is 110 Å². The number of hydrogen-bond donors (Lipinski definition) is 4. The quantitative estimate of drug-likeness (QED) is 0.107. The summed E-state index contributed by atoms with van der Waals surface area (Å²) in [5, 5.41) is 45.5. The van der Waals surface area contributed by atoms with Gasteiger partial charge in [0, 0.05) is 23.4 Å². The van der Waals surface area contributed by atoms with E-state index >= 15 is 0 Å². The number of methoxy groups -OCH3 is 1. The van der Waals surface area contributed by atoms with Crippen molar-refractivity contribution in [1.29, 1.82) is 0 Å². The predicted octanol–water partition coefficient (Wildman–Crippen LogP) is 4.47. The maximum Gasteiger partial charge on any atom is 0.281 e. The van der Waals surface area contributed by atoms with Gasteiger partial charge in [-0.1, -0.05) is 12.1 Å². The van der Waals surface area contributed by atoms with Gasteiger partial charge in [0.05, 0.1) is 40.0 Å². The van der Waals surface area contributed by atoms with Gasteiger partial charge < -0.3 is 25.4 Å². The van der Waals surface area contributed by atoms with Crippen molar-refractivity contribution in [1.82, 2.24) is 0 Å². The Balaban J connectivity index is 1.57. The number of phenolic OH excluding ortho intramolecular Hbond substituents is 3. The first-order valence-electron chi connectivity index (χ1n) is 11.4. The highest BCUT2D eigenvalue weighted by Gasteiger charge is 2.40. The number of anilines is 2. The first-order chi connectivity index (χ1) is 18.6. The zero-order valence-electron chi connectivity index (χ0n) is 20.1. The molecular formula is C28H18N2O9. The van der Waals surface area contributed by atoms with Gasteiger partial charge in [-0.15, -0.1) is 0 Å². The minimum absolute atomic E-state index is 0.0319. The first kappa shape index (κ1) is 25.0. The van der Waals surface area contributed by atoms with Crippen molar-refractivity contribution in [3.63, 3.8) is 0 Å². The Hall–Kier alpha value is -5.71. The Bertz CT molecular complexity index is 1740. The van der Waals surface area contributed by atoms with Gasteiger partial charge in [-0.3, -0.25) is 24.5 Å². The number of rotatable bonds is 6. The Labute approximate surface area is 219 Å². The molecule has 0 saturated heterocycles. The molecule has 4 aromatic rings. The van der Waals surface area contributed by atoms with Gasteiger partial charge in [-0.2, -0.15) is 0 Å². The second-order valence-corrected chi connectivity index (χ2v) is 8.57. The maximum atomic E-state index is 13.5. The molecule has 0 heterocycles. The molecule has 0 fully saturated rings. The van der Waals surface area contributed by atoms with Crippen LogP contribution in [0.5, 0.6) is 23.0 Å². The van der Waals surface area contributed by atoms with Gasteiger partial charge in [0.2, 0.25) is 11.6 Å². The summed E-state index contributed by atoms with van der Waals surface area (Å²) in [6.45, 7) is 0. The lowest BCUT2D eigenvalue weighted by atomic mass is 9.81. The van der Waals surface area contributed by atoms with E-state index in [-0.39, 0.29) is 28.1 Å². The number of nitro benzene ring substituents is 1. The molecule has 194 valence electrons. The molecule has 0 aliphatic heterocycles. The van der Waals surface area contributed by atoms with E-state index in [4.69, 9.17) is 4.74 Å². The average Bonchev–Trinajstić information content (AvgIpc) is 2.92. The van der Waals surface area contributed by atoms with Crippen LogP contribution < -0.4 is 10.1 Å². The molecule has 0 radical (unpaired) electrons. The number of carbonyl (C=O) groups is 3. The number of hydrogen-bond acceptors (Lipinski definition) is 10. The number of ketones is 3. The number of benzene rings is 4. The van der Waals surface area contributed by atoms with E-state index in [9.17, 15) is 39.8 Å². The van der Waals surface area contributed by atoms with E-state index in [1.165, 1.54) is 43.5 Å². The molecule has 0 unspecified atom stereocenters. The third kappa shape index (κ3) is 4.07. The molecule has 1 aliphatic rings. The average molecular weight is 526 g/mol. The number of nitrogens with zero attached hydrogens (tertiary/aromatic N) is 1. The van der Waals surface area contributed by atoms with Crippen LogP contribution in [-0.2, 0) is 0 Å². The van der Waals surface area contributed by atoms with Gasteiger partial charge >= 0.3 is 0 Å². The van der Waals surface area contributed by atoms with Crippen LogP contribution in [0.1, 0.15) is 47.8 Å². The van der Waals surface area contributed by atoms with Crippen LogP contribution in [0.4, 0.5) is 17.1 Å². The fourth-order valence-electron chi connectivity index (χ4n) is 4.48. The van der Waals surface area contributed by atoms with Crippen molar-refractivity contribution in [2.24, 2.45) is 0 Å². The largest absolute Gasteiger partial charge is 0.507 e. The fourth-order valence-corrected chi connectivity index (χ4v) is 4.48. The predicted molar refractivity (Wildman–Crippen MR) is 138 cm³/mol. The van der Waals surface area contributed by atoms with Crippen molar-refractivity contribution in [2.75, 3.05) is 12.4 Å². The highest BCUT2D eigenvalue weighted by atomic mass is 16.6. The zero-order chi connectivity index (χ0) is 28.0. The molecular weight excluding hydrogens is 508 g/mol. The molecule has 1 aliphatic carbocycles. The molecule has 0 amide bonds. The minimum Gasteiger partial charge on any atom is -0.507 e. The van der Waals surface area contributed by atoms with Crippen molar-refractivity contribution in [3.8, 4) is 23.0 Å². The van der Waals surface area contributed by atoms with Gasteiger partial charge in [-0.05, 0) is 42.5 Å². The van der Waals surface area contributed by atoms with Gasteiger partial charge in [0.25, 0.3) is 5.69 Å². The smallest absolute Gasteiger partial charge is 0.281 e. The normalized spacial score (nSPS) is 11.9. The summed E-state index contributed by atoms with van der Waals surface area (Å²) in [7, 11) is 1.42. The SMILES string of the molecule is COc1ccc(C(=O)c2cccc(Nc3ccc(O)c4c3C(=O)c3c(O)ccc([N+](=O)[O-])c3C4=O)c2)c(O)c1. The van der Waals surface area contributed by atoms with Crippen LogP contribution in [0.15, 0.2) is 66.7 Å². The summed E-state index contributed by atoms with van der Waals surface area (Å²) in [4.78, 5) is 50.5. The summed E-state index contributed by atoms with van der Waals surface area (Å²) >= 11 is 0. The molecule has 4 aromatic carbocycles. The number of phenols is 3. The zero-order valence-corrected chi connectivity index (χ0v) is 20.1. The van der Waals surface area contributed by atoms with E-state index in [1.807, 2.05) is 0 Å². The van der Waals surface area contributed by atoms with E-state index in [0.717, 1.165) is 18.2 Å². The summed E-state index contributed by atoms with van der Waals surface area (Å²) < 4.78 is 5.04. The lowest BCUT2D eigenvalue weighted by molar-refractivity contribution is -0.385.